The van der Waals surface area contributed by atoms with Crippen LogP contribution >= 0.6 is 0 Å². The molecule has 0 bridgehead atoms. The van der Waals surface area contributed by atoms with Crippen LogP contribution in [0.4, 0.5) is 27.6 Å². The molecule has 0 spiro atoms. The van der Waals surface area contributed by atoms with Gasteiger partial charge in [-0.3, -0.25) is 14.5 Å². The minimum atomic E-state index is -4.93. The van der Waals surface area contributed by atoms with E-state index in [0.29, 0.717) is 16.2 Å². The first-order chi connectivity index (χ1) is 22.0. The molecule has 0 aliphatic heterocycles. The number of nitrogens with one attached hydrogen (secondary N) is 1. The van der Waals surface area contributed by atoms with E-state index in [9.17, 15) is 31.5 Å². The number of carbonyl (C=O) groups excluding carboxylic acids is 2. The first kappa shape index (κ1) is 31.8. The molecule has 9 nitrogen and oxygen atoms in total. The third kappa shape index (κ3) is 7.17. The molecule has 5 aromatic rings. The Balaban J connectivity index is 1.56. The maximum absolute atomic E-state index is 14.3. The quantitative estimate of drug-likeness (QED) is 0.196. The highest BCUT2D eigenvalue weighted by Gasteiger charge is 2.40. The predicted molar refractivity (Wildman–Crippen MR) is 156 cm³/mol. The van der Waals surface area contributed by atoms with Crippen LogP contribution in [-0.4, -0.2) is 39.1 Å². The average Bonchev–Trinajstić information content (AvgIpc) is 3.51. The number of methoxy groups -OCH3 is 1. The molecule has 0 unspecified atom stereocenters. The van der Waals surface area contributed by atoms with Crippen molar-refractivity contribution in [1.29, 1.82) is 0 Å². The zero-order valence-corrected chi connectivity index (χ0v) is 24.1. The second kappa shape index (κ2) is 13.5. The monoisotopic (exact) mass is 636 g/mol. The average molecular weight is 637 g/mol. The number of rotatable bonds is 10. The number of carbonyl (C=O) groups is 2. The normalized spacial score (nSPS) is 12.0. The maximum Gasteiger partial charge on any atom is 0.418 e. The second-order valence-electron chi connectivity index (χ2n) is 9.92. The van der Waals surface area contributed by atoms with Crippen molar-refractivity contribution in [3.05, 3.63) is 125 Å². The van der Waals surface area contributed by atoms with Gasteiger partial charge in [0.2, 0.25) is 11.7 Å². The van der Waals surface area contributed by atoms with Crippen LogP contribution < -0.4 is 15.0 Å². The highest BCUT2D eigenvalue weighted by molar-refractivity contribution is 6.01. The molecule has 0 saturated carbocycles. The maximum atomic E-state index is 14.3. The summed E-state index contributed by atoms with van der Waals surface area (Å²) in [6, 6.07) is 19.2. The van der Waals surface area contributed by atoms with E-state index >= 15 is 0 Å². The van der Waals surface area contributed by atoms with Gasteiger partial charge in [-0.25, -0.2) is 8.78 Å². The number of hydrogen-bond donors (Lipinski definition) is 1. The van der Waals surface area contributed by atoms with Gasteiger partial charge in [-0.15, -0.1) is 10.2 Å². The summed E-state index contributed by atoms with van der Waals surface area (Å²) in [6.07, 6.45) is -4.93. The summed E-state index contributed by atoms with van der Waals surface area (Å²) in [7, 11) is 1.49. The lowest BCUT2D eigenvalue weighted by atomic mass is 10.0. The van der Waals surface area contributed by atoms with E-state index in [1.807, 2.05) is 0 Å². The molecule has 5 rings (SSSR count). The Morgan fingerprint density at radius 1 is 0.913 bits per heavy atom. The minimum absolute atomic E-state index is 0.0115. The number of hydrogen-bond acceptors (Lipinski definition) is 6. The predicted octanol–water partition coefficient (Wildman–Crippen LogP) is 5.74. The van der Waals surface area contributed by atoms with Gasteiger partial charge in [0.15, 0.2) is 0 Å². The standard InChI is InChI=1S/C32H25F5N6O3/c1-46-23-16-10-20(11-17-23)18-38-31(45)29(21-12-14-22(33)15-13-21)43(27-9-5-3-7-25(27)32(35,36)37)28(44)19-42-40-30(39-41-42)24-6-2-4-8-26(24)34/h2-17,29H,18-19H2,1H3,(H,38,45)/t29-/m0/s1. The summed E-state index contributed by atoms with van der Waals surface area (Å²) in [6.45, 7) is -0.836. The Hall–Kier alpha value is -5.66. The third-order valence-corrected chi connectivity index (χ3v) is 6.90. The molecule has 1 atom stereocenters. The fourth-order valence-corrected chi connectivity index (χ4v) is 4.69. The molecule has 1 N–H and O–H groups in total. The first-order valence-electron chi connectivity index (χ1n) is 13.7. The van der Waals surface area contributed by atoms with Crippen LogP contribution in [0.5, 0.6) is 5.75 Å². The number of tetrazole rings is 1. The van der Waals surface area contributed by atoms with Gasteiger partial charge in [0, 0.05) is 6.54 Å². The Morgan fingerprint density at radius 2 is 1.59 bits per heavy atom. The molecule has 2 amide bonds. The number of anilines is 1. The van der Waals surface area contributed by atoms with Crippen molar-refractivity contribution in [3.8, 4) is 17.1 Å². The fourth-order valence-electron chi connectivity index (χ4n) is 4.69. The third-order valence-electron chi connectivity index (χ3n) is 6.90. The summed E-state index contributed by atoms with van der Waals surface area (Å²) >= 11 is 0. The Bertz CT molecular complexity index is 1830. The number of benzene rings is 4. The largest absolute Gasteiger partial charge is 0.497 e. The summed E-state index contributed by atoms with van der Waals surface area (Å²) in [5, 5.41) is 14.3. The molecule has 4 aromatic carbocycles. The van der Waals surface area contributed by atoms with Crippen LogP contribution in [0.15, 0.2) is 97.1 Å². The minimum Gasteiger partial charge on any atom is -0.497 e. The van der Waals surface area contributed by atoms with Crippen LogP contribution in [0.2, 0.25) is 0 Å². The van der Waals surface area contributed by atoms with Crippen molar-refractivity contribution in [3.63, 3.8) is 0 Å². The van der Waals surface area contributed by atoms with Gasteiger partial charge in [-0.2, -0.15) is 18.0 Å². The number of halogens is 5. The van der Waals surface area contributed by atoms with Crippen molar-refractivity contribution in [2.75, 3.05) is 12.0 Å². The van der Waals surface area contributed by atoms with Crippen LogP contribution in [0, 0.1) is 11.6 Å². The Labute approximate surface area is 259 Å². The summed E-state index contributed by atoms with van der Waals surface area (Å²) in [4.78, 5) is 29.4. The van der Waals surface area contributed by atoms with Gasteiger partial charge in [0.05, 0.1) is 23.9 Å². The fraction of sp³-hybridized carbons (Fsp3) is 0.156. The lowest BCUT2D eigenvalue weighted by molar-refractivity contribution is -0.137. The van der Waals surface area contributed by atoms with E-state index in [1.165, 1.54) is 49.6 Å². The zero-order chi connectivity index (χ0) is 32.8. The highest BCUT2D eigenvalue weighted by atomic mass is 19.4. The van der Waals surface area contributed by atoms with Gasteiger partial charge in [0.25, 0.3) is 5.91 Å². The zero-order valence-electron chi connectivity index (χ0n) is 24.1. The number of para-hydroxylation sites is 1. The lowest BCUT2D eigenvalue weighted by Gasteiger charge is -2.33. The molecular formula is C32H25F5N6O3. The smallest absolute Gasteiger partial charge is 0.418 e. The summed E-state index contributed by atoms with van der Waals surface area (Å²) in [5.74, 6) is -2.81. The van der Waals surface area contributed by atoms with E-state index in [-0.39, 0.29) is 23.5 Å². The van der Waals surface area contributed by atoms with Crippen molar-refractivity contribution >= 4 is 17.5 Å². The molecule has 0 aliphatic rings. The molecule has 1 aromatic heterocycles. The highest BCUT2D eigenvalue weighted by Crippen LogP contribution is 2.40. The van der Waals surface area contributed by atoms with Crippen molar-refractivity contribution < 1.29 is 36.3 Å². The number of amides is 2. The van der Waals surface area contributed by atoms with Gasteiger partial charge in [-0.1, -0.05) is 48.5 Å². The summed E-state index contributed by atoms with van der Waals surface area (Å²) < 4.78 is 76.3. The van der Waals surface area contributed by atoms with E-state index in [2.05, 4.69) is 20.7 Å². The van der Waals surface area contributed by atoms with Crippen molar-refractivity contribution in [2.45, 2.75) is 25.3 Å². The van der Waals surface area contributed by atoms with Crippen LogP contribution in [0.1, 0.15) is 22.7 Å². The van der Waals surface area contributed by atoms with E-state index in [4.69, 9.17) is 4.74 Å². The van der Waals surface area contributed by atoms with Crippen LogP contribution in [0.25, 0.3) is 11.4 Å². The van der Waals surface area contributed by atoms with Crippen molar-refractivity contribution in [2.24, 2.45) is 0 Å². The second-order valence-corrected chi connectivity index (χ2v) is 9.92. The SMILES string of the molecule is COc1ccc(CNC(=O)[C@H](c2ccc(F)cc2)N(C(=O)Cn2nnc(-c3ccccc3F)n2)c2ccccc2C(F)(F)F)cc1. The topological polar surface area (TPSA) is 102 Å². The van der Waals surface area contributed by atoms with Gasteiger partial charge in [0.1, 0.15) is 30.0 Å². The number of aromatic nitrogens is 4. The molecule has 1 heterocycles. The lowest BCUT2D eigenvalue weighted by Crippen LogP contribution is -2.46. The Morgan fingerprint density at radius 3 is 2.26 bits per heavy atom. The molecular weight excluding hydrogens is 611 g/mol. The van der Waals surface area contributed by atoms with Gasteiger partial charge in [-0.05, 0) is 64.9 Å². The van der Waals surface area contributed by atoms with Gasteiger partial charge < -0.3 is 10.1 Å². The molecule has 0 saturated heterocycles. The first-order valence-corrected chi connectivity index (χ1v) is 13.7. The van der Waals surface area contributed by atoms with Crippen LogP contribution in [-0.2, 0) is 28.9 Å². The molecule has 46 heavy (non-hydrogen) atoms. The number of alkyl halides is 3. The Kier molecular flexibility index (Phi) is 9.35. The molecule has 0 aliphatic carbocycles. The molecule has 0 radical (unpaired) electrons. The summed E-state index contributed by atoms with van der Waals surface area (Å²) in [5.41, 5.74) is -1.19. The van der Waals surface area contributed by atoms with Gasteiger partial charge >= 0.3 is 6.18 Å². The van der Waals surface area contributed by atoms with Crippen molar-refractivity contribution in [1.82, 2.24) is 25.5 Å². The van der Waals surface area contributed by atoms with E-state index in [0.717, 1.165) is 35.1 Å². The number of ether oxygens (including phenoxy) is 1. The molecule has 14 heteroatoms. The van der Waals surface area contributed by atoms with Crippen LogP contribution in [0.3, 0.4) is 0 Å². The molecule has 0 fully saturated rings. The number of nitrogens with zero attached hydrogens (tertiary/aromatic N) is 5. The van der Waals surface area contributed by atoms with E-state index in [1.54, 1.807) is 24.3 Å². The van der Waals surface area contributed by atoms with E-state index < -0.39 is 53.5 Å². The molecule has 236 valence electrons.